The third-order valence-corrected chi connectivity index (χ3v) is 6.70. The summed E-state index contributed by atoms with van der Waals surface area (Å²) in [5.74, 6) is 0.671. The van der Waals surface area contributed by atoms with Crippen molar-refractivity contribution in [2.75, 3.05) is 5.01 Å². The average molecular weight is 655 g/mol. The fourth-order valence-electron chi connectivity index (χ4n) is 3.16. The summed E-state index contributed by atoms with van der Waals surface area (Å²) in [4.78, 5) is 13.0. The average Bonchev–Trinajstić information content (AvgIpc) is 3.03. The van der Waals surface area contributed by atoms with Crippen molar-refractivity contribution in [3.63, 3.8) is 0 Å². The minimum absolute atomic E-state index is 0.132. The molecule has 3 aromatic carbocycles. The SMILES string of the molecule is CC1=NN(c2ccccc2)C(=O)/C1=C/c1cc(I)c(OCc2ccccc2Cl)c(I)c1. The first-order valence-corrected chi connectivity index (χ1v) is 12.0. The lowest BCUT2D eigenvalue weighted by atomic mass is 10.1. The second-order valence-electron chi connectivity index (χ2n) is 6.89. The van der Waals surface area contributed by atoms with Crippen LogP contribution in [0.3, 0.4) is 0 Å². The van der Waals surface area contributed by atoms with Crippen molar-refractivity contribution in [2.45, 2.75) is 13.5 Å². The summed E-state index contributed by atoms with van der Waals surface area (Å²) in [5, 5.41) is 6.57. The molecule has 0 bridgehead atoms. The van der Waals surface area contributed by atoms with Crippen LogP contribution in [0.2, 0.25) is 5.02 Å². The van der Waals surface area contributed by atoms with E-state index in [9.17, 15) is 4.79 Å². The Labute approximate surface area is 213 Å². The highest BCUT2D eigenvalue weighted by Crippen LogP contribution is 2.32. The van der Waals surface area contributed by atoms with Crippen LogP contribution in [0.4, 0.5) is 5.69 Å². The van der Waals surface area contributed by atoms with E-state index in [1.165, 1.54) is 5.01 Å². The number of rotatable bonds is 5. The van der Waals surface area contributed by atoms with Gasteiger partial charge in [0.05, 0.1) is 24.1 Å². The second-order valence-corrected chi connectivity index (χ2v) is 9.62. The molecule has 3 aromatic rings. The van der Waals surface area contributed by atoms with E-state index in [1.807, 2.05) is 79.7 Å². The van der Waals surface area contributed by atoms with Crippen molar-refractivity contribution < 1.29 is 9.53 Å². The van der Waals surface area contributed by atoms with Gasteiger partial charge < -0.3 is 4.74 Å². The molecule has 1 amide bonds. The van der Waals surface area contributed by atoms with Gasteiger partial charge in [0.15, 0.2) is 0 Å². The molecule has 0 N–H and O–H groups in total. The highest BCUT2D eigenvalue weighted by molar-refractivity contribution is 14.1. The molecule has 0 fully saturated rings. The van der Waals surface area contributed by atoms with Gasteiger partial charge in [0.1, 0.15) is 12.4 Å². The number of ether oxygens (including phenoxy) is 1. The van der Waals surface area contributed by atoms with Gasteiger partial charge in [0, 0.05) is 10.6 Å². The van der Waals surface area contributed by atoms with Crippen LogP contribution in [-0.4, -0.2) is 11.6 Å². The Bertz CT molecular complexity index is 1190. The number of halogens is 3. The van der Waals surface area contributed by atoms with Crippen molar-refractivity contribution in [3.8, 4) is 5.75 Å². The molecule has 7 heteroatoms. The van der Waals surface area contributed by atoms with Crippen LogP contribution in [0.15, 0.2) is 77.4 Å². The third kappa shape index (κ3) is 4.96. The van der Waals surface area contributed by atoms with E-state index in [4.69, 9.17) is 16.3 Å². The van der Waals surface area contributed by atoms with Crippen LogP contribution >= 0.6 is 56.8 Å². The second kappa shape index (κ2) is 9.70. The van der Waals surface area contributed by atoms with E-state index in [2.05, 4.69) is 50.3 Å². The minimum Gasteiger partial charge on any atom is -0.487 e. The van der Waals surface area contributed by atoms with Gasteiger partial charge in [0.25, 0.3) is 5.91 Å². The number of hydrogen-bond donors (Lipinski definition) is 0. The number of amides is 1. The Kier molecular flexibility index (Phi) is 6.98. The van der Waals surface area contributed by atoms with Crippen molar-refractivity contribution in [1.82, 2.24) is 0 Å². The predicted molar refractivity (Wildman–Crippen MR) is 143 cm³/mol. The number of anilines is 1. The van der Waals surface area contributed by atoms with E-state index in [0.717, 1.165) is 29.7 Å². The molecule has 0 saturated carbocycles. The number of nitrogens with zero attached hydrogens (tertiary/aromatic N) is 2. The molecule has 0 atom stereocenters. The monoisotopic (exact) mass is 654 g/mol. The number of carbonyl (C=O) groups is 1. The topological polar surface area (TPSA) is 41.9 Å². The molecule has 4 nitrogen and oxygen atoms in total. The highest BCUT2D eigenvalue weighted by atomic mass is 127. The summed E-state index contributed by atoms with van der Waals surface area (Å²) < 4.78 is 7.98. The summed E-state index contributed by atoms with van der Waals surface area (Å²) in [6.07, 6.45) is 1.88. The van der Waals surface area contributed by atoms with Crippen LogP contribution in [0.1, 0.15) is 18.1 Å². The largest absolute Gasteiger partial charge is 0.487 e. The van der Waals surface area contributed by atoms with Gasteiger partial charge in [-0.3, -0.25) is 4.79 Å². The smallest absolute Gasteiger partial charge is 0.280 e. The third-order valence-electron chi connectivity index (χ3n) is 4.72. The maximum absolute atomic E-state index is 13.0. The van der Waals surface area contributed by atoms with Gasteiger partial charge >= 0.3 is 0 Å². The quantitative estimate of drug-likeness (QED) is 0.221. The Balaban J connectivity index is 1.57. The predicted octanol–water partition coefficient (Wildman–Crippen LogP) is 6.93. The summed E-state index contributed by atoms with van der Waals surface area (Å²) >= 11 is 10.7. The van der Waals surface area contributed by atoms with Crippen LogP contribution < -0.4 is 9.75 Å². The highest BCUT2D eigenvalue weighted by Gasteiger charge is 2.28. The zero-order valence-electron chi connectivity index (χ0n) is 16.5. The Morgan fingerprint density at radius 1 is 1.03 bits per heavy atom. The number of benzene rings is 3. The molecule has 0 aliphatic carbocycles. The van der Waals surface area contributed by atoms with Crippen molar-refractivity contribution in [1.29, 1.82) is 0 Å². The summed E-state index contributed by atoms with van der Waals surface area (Å²) in [5.41, 5.74) is 3.89. The molecule has 0 spiro atoms. The summed E-state index contributed by atoms with van der Waals surface area (Å²) in [6.45, 7) is 2.24. The fourth-order valence-corrected chi connectivity index (χ4v) is 5.48. The van der Waals surface area contributed by atoms with E-state index in [1.54, 1.807) is 0 Å². The van der Waals surface area contributed by atoms with Gasteiger partial charge in [-0.1, -0.05) is 48.0 Å². The van der Waals surface area contributed by atoms with Crippen molar-refractivity contribution in [2.24, 2.45) is 5.10 Å². The Morgan fingerprint density at radius 2 is 1.68 bits per heavy atom. The number of hydrogen-bond acceptors (Lipinski definition) is 3. The molecule has 1 aliphatic heterocycles. The van der Waals surface area contributed by atoms with Gasteiger partial charge in [-0.2, -0.15) is 10.1 Å². The fraction of sp³-hybridized carbons (Fsp3) is 0.0833. The first-order chi connectivity index (χ1) is 14.9. The summed E-state index contributed by atoms with van der Waals surface area (Å²) in [7, 11) is 0. The van der Waals surface area contributed by atoms with Crippen LogP contribution in [0, 0.1) is 7.14 Å². The Hall–Kier alpha value is -1.91. The summed E-state index contributed by atoms with van der Waals surface area (Å²) in [6, 6.07) is 21.1. The lowest BCUT2D eigenvalue weighted by Gasteiger charge is -2.13. The maximum atomic E-state index is 13.0. The Morgan fingerprint density at radius 3 is 2.35 bits per heavy atom. The minimum atomic E-state index is -0.132. The zero-order chi connectivity index (χ0) is 22.0. The van der Waals surface area contributed by atoms with Crippen LogP contribution in [0.25, 0.3) is 6.08 Å². The standard InChI is InChI=1S/C24H17ClI2N2O2/c1-15-19(24(30)29(28-15)18-8-3-2-4-9-18)11-16-12-21(26)23(22(27)13-16)31-14-17-7-5-6-10-20(17)25/h2-13H,14H2,1H3/b19-11+. The molecule has 156 valence electrons. The molecule has 4 rings (SSSR count). The molecule has 0 unspecified atom stereocenters. The van der Waals surface area contributed by atoms with E-state index in [-0.39, 0.29) is 5.91 Å². The number of para-hydroxylation sites is 1. The number of carbonyl (C=O) groups excluding carboxylic acids is 1. The molecule has 1 aliphatic rings. The molecule has 0 aromatic heterocycles. The maximum Gasteiger partial charge on any atom is 0.280 e. The van der Waals surface area contributed by atoms with Gasteiger partial charge in [-0.15, -0.1) is 0 Å². The van der Waals surface area contributed by atoms with E-state index >= 15 is 0 Å². The zero-order valence-corrected chi connectivity index (χ0v) is 21.6. The molecule has 0 radical (unpaired) electrons. The molecule has 31 heavy (non-hydrogen) atoms. The van der Waals surface area contributed by atoms with Gasteiger partial charge in [-0.05, 0) is 94.1 Å². The normalized spacial score (nSPS) is 14.8. The van der Waals surface area contributed by atoms with Gasteiger partial charge in [-0.25, -0.2) is 0 Å². The van der Waals surface area contributed by atoms with Gasteiger partial charge in [0.2, 0.25) is 0 Å². The molecular weight excluding hydrogens is 638 g/mol. The van der Waals surface area contributed by atoms with E-state index in [0.29, 0.717) is 22.9 Å². The van der Waals surface area contributed by atoms with Crippen LogP contribution in [0.5, 0.6) is 5.75 Å². The van der Waals surface area contributed by atoms with Crippen LogP contribution in [-0.2, 0) is 11.4 Å². The first kappa shape index (κ1) is 22.3. The first-order valence-electron chi connectivity index (χ1n) is 9.46. The lowest BCUT2D eigenvalue weighted by molar-refractivity contribution is -0.114. The lowest BCUT2D eigenvalue weighted by Crippen LogP contribution is -2.21. The van der Waals surface area contributed by atoms with Crippen molar-refractivity contribution in [3.05, 3.63) is 95.6 Å². The molecular formula is C24H17ClI2N2O2. The molecule has 0 saturated heterocycles. The molecule has 1 heterocycles. The number of hydrazone groups is 1. The van der Waals surface area contributed by atoms with Crippen molar-refractivity contribution >= 4 is 80.2 Å². The van der Waals surface area contributed by atoms with E-state index < -0.39 is 0 Å².